The van der Waals surface area contributed by atoms with Crippen LogP contribution in [0.5, 0.6) is 0 Å². The predicted molar refractivity (Wildman–Crippen MR) is 117 cm³/mol. The number of halogens is 6. The first-order valence-electron chi connectivity index (χ1n) is 10.5. The van der Waals surface area contributed by atoms with Crippen LogP contribution in [-0.4, -0.2) is 36.6 Å². The summed E-state index contributed by atoms with van der Waals surface area (Å²) >= 11 is 0. The van der Waals surface area contributed by atoms with Crippen LogP contribution in [0.25, 0.3) is 11.1 Å². The Morgan fingerprint density at radius 3 is 2.28 bits per heavy atom. The number of alkyl halides is 6. The molecule has 1 aliphatic rings. The molecule has 0 fully saturated rings. The number of hydrogen-bond acceptors (Lipinski definition) is 5. The van der Waals surface area contributed by atoms with Gasteiger partial charge in [-0.05, 0) is 29.8 Å². The number of carbonyl (C=O) groups excluding carboxylic acids is 1. The minimum absolute atomic E-state index is 0.0209. The summed E-state index contributed by atoms with van der Waals surface area (Å²) in [6.07, 6.45) is -7.48. The van der Waals surface area contributed by atoms with E-state index in [-0.39, 0.29) is 35.5 Å². The number of carbonyl (C=O) groups is 1. The van der Waals surface area contributed by atoms with Gasteiger partial charge >= 0.3 is 12.4 Å². The first kappa shape index (κ1) is 25.6. The molecule has 0 unspecified atom stereocenters. The summed E-state index contributed by atoms with van der Waals surface area (Å²) in [6.45, 7) is 1.26. The Morgan fingerprint density at radius 2 is 1.64 bits per heavy atom. The number of aromatic nitrogens is 2. The molecular weight excluding hydrogens is 512 g/mol. The molecule has 36 heavy (non-hydrogen) atoms. The van der Waals surface area contributed by atoms with Gasteiger partial charge in [0.25, 0.3) is 5.91 Å². The van der Waals surface area contributed by atoms with Crippen LogP contribution in [-0.2, 0) is 28.6 Å². The summed E-state index contributed by atoms with van der Waals surface area (Å²) in [5.74, 6) is -1.41. The molecule has 6 nitrogen and oxygen atoms in total. The van der Waals surface area contributed by atoms with E-state index < -0.39 is 55.6 Å². The maximum absolute atomic E-state index is 13.3. The number of rotatable bonds is 4. The van der Waals surface area contributed by atoms with Crippen molar-refractivity contribution in [3.8, 4) is 11.1 Å². The van der Waals surface area contributed by atoms with E-state index in [4.69, 9.17) is 0 Å². The minimum atomic E-state index is -4.71. The molecule has 1 amide bonds. The number of anilines is 1. The van der Waals surface area contributed by atoms with Crippen LogP contribution < -0.4 is 4.90 Å². The smallest absolute Gasteiger partial charge is 0.305 e. The lowest BCUT2D eigenvalue weighted by Gasteiger charge is -2.19. The third-order valence-corrected chi connectivity index (χ3v) is 7.42. The minimum Gasteiger partial charge on any atom is -0.305 e. The van der Waals surface area contributed by atoms with Gasteiger partial charge in [0.05, 0.1) is 33.2 Å². The van der Waals surface area contributed by atoms with Gasteiger partial charge < -0.3 is 4.90 Å². The van der Waals surface area contributed by atoms with Gasteiger partial charge in [-0.3, -0.25) is 9.78 Å². The van der Waals surface area contributed by atoms with Crippen LogP contribution in [0, 0.1) is 0 Å². The first-order valence-corrected chi connectivity index (χ1v) is 12.2. The number of hydrogen-bond donors (Lipinski definition) is 0. The Labute approximate surface area is 201 Å². The van der Waals surface area contributed by atoms with Crippen molar-refractivity contribution in [2.75, 3.05) is 17.2 Å². The Morgan fingerprint density at radius 1 is 0.944 bits per heavy atom. The van der Waals surface area contributed by atoms with Crippen LogP contribution in [0.15, 0.2) is 53.7 Å². The van der Waals surface area contributed by atoms with Crippen LogP contribution in [0.4, 0.5) is 32.0 Å². The van der Waals surface area contributed by atoms with E-state index in [2.05, 4.69) is 9.97 Å². The molecule has 1 aliphatic heterocycles. The maximum Gasteiger partial charge on any atom is 0.417 e. The Balaban J connectivity index is 1.81. The van der Waals surface area contributed by atoms with E-state index >= 15 is 0 Å². The normalized spacial score (nSPS) is 14.1. The van der Waals surface area contributed by atoms with Crippen molar-refractivity contribution in [2.45, 2.75) is 30.6 Å². The van der Waals surface area contributed by atoms with Crippen molar-refractivity contribution in [3.63, 3.8) is 0 Å². The molecular formula is C23H17F6N3O3S. The monoisotopic (exact) mass is 529 g/mol. The van der Waals surface area contributed by atoms with Gasteiger partial charge in [-0.2, -0.15) is 26.3 Å². The summed E-state index contributed by atoms with van der Waals surface area (Å²) in [6, 6.07) is 5.97. The molecule has 190 valence electrons. The predicted octanol–water partition coefficient (Wildman–Crippen LogP) is 5.18. The standard InChI is InChI=1S/C23H17F6N3O3S/c1-2-36(34,35)19-9-14(13-4-3-5-15(8-13)22(24,25)26)11-31-20(19)21(33)32-7-6-17-18(32)10-16(12-30-17)23(27,28)29/h3-5,8-12H,2,6-7H2,1H3. The number of pyridine rings is 2. The van der Waals surface area contributed by atoms with Crippen LogP contribution in [0.1, 0.15) is 34.2 Å². The van der Waals surface area contributed by atoms with Gasteiger partial charge in [0.2, 0.25) is 0 Å². The largest absolute Gasteiger partial charge is 0.417 e. The molecule has 1 aromatic carbocycles. The zero-order valence-electron chi connectivity index (χ0n) is 18.5. The van der Waals surface area contributed by atoms with E-state index in [1.54, 1.807) is 0 Å². The Kier molecular flexibility index (Phi) is 6.31. The molecule has 13 heteroatoms. The second-order valence-corrected chi connectivity index (χ2v) is 10.2. The fourth-order valence-electron chi connectivity index (χ4n) is 3.77. The van der Waals surface area contributed by atoms with Crippen molar-refractivity contribution in [3.05, 3.63) is 71.3 Å². The number of fused-ring (bicyclic) bond motifs is 1. The van der Waals surface area contributed by atoms with Gasteiger partial charge in [0.1, 0.15) is 5.69 Å². The van der Waals surface area contributed by atoms with Crippen molar-refractivity contribution >= 4 is 21.4 Å². The van der Waals surface area contributed by atoms with Gasteiger partial charge in [-0.1, -0.05) is 19.1 Å². The number of nitrogens with zero attached hydrogens (tertiary/aromatic N) is 3. The van der Waals surface area contributed by atoms with Crippen LogP contribution in [0.2, 0.25) is 0 Å². The highest BCUT2D eigenvalue weighted by Crippen LogP contribution is 2.37. The van der Waals surface area contributed by atoms with Crippen molar-refractivity contribution in [1.29, 1.82) is 0 Å². The Hall–Kier alpha value is -3.48. The lowest BCUT2D eigenvalue weighted by molar-refractivity contribution is -0.138. The SMILES string of the molecule is CCS(=O)(=O)c1cc(-c2cccc(C(F)(F)F)c2)cnc1C(=O)N1CCc2ncc(C(F)(F)F)cc21. The van der Waals surface area contributed by atoms with Crippen LogP contribution in [0.3, 0.4) is 0 Å². The number of amides is 1. The van der Waals surface area contributed by atoms with Gasteiger partial charge in [0, 0.05) is 30.9 Å². The van der Waals surface area contributed by atoms with Crippen molar-refractivity contribution < 1.29 is 39.6 Å². The average molecular weight is 529 g/mol. The molecule has 0 saturated carbocycles. The second-order valence-electron chi connectivity index (χ2n) is 7.95. The first-order chi connectivity index (χ1) is 16.7. The molecule has 4 rings (SSSR count). The van der Waals surface area contributed by atoms with E-state index in [1.807, 2.05) is 0 Å². The molecule has 3 heterocycles. The summed E-state index contributed by atoms with van der Waals surface area (Å²) in [5.41, 5.74) is -2.41. The Bertz CT molecular complexity index is 1450. The molecule has 0 saturated heterocycles. The molecule has 0 aliphatic carbocycles. The molecule has 2 aromatic heterocycles. The highest BCUT2D eigenvalue weighted by Gasteiger charge is 2.36. The van der Waals surface area contributed by atoms with Gasteiger partial charge in [-0.15, -0.1) is 0 Å². The number of benzene rings is 1. The summed E-state index contributed by atoms with van der Waals surface area (Å²) in [4.78, 5) is 21.5. The summed E-state index contributed by atoms with van der Waals surface area (Å²) in [5, 5.41) is 0. The average Bonchev–Trinajstić information content (AvgIpc) is 3.25. The van der Waals surface area contributed by atoms with Gasteiger partial charge in [-0.25, -0.2) is 13.4 Å². The van der Waals surface area contributed by atoms with E-state index in [9.17, 15) is 39.6 Å². The molecule has 0 bridgehead atoms. The topological polar surface area (TPSA) is 80.2 Å². The summed E-state index contributed by atoms with van der Waals surface area (Å²) in [7, 11) is -4.11. The third kappa shape index (κ3) is 4.79. The van der Waals surface area contributed by atoms with E-state index in [0.717, 1.165) is 41.4 Å². The second kappa shape index (κ2) is 8.87. The summed E-state index contributed by atoms with van der Waals surface area (Å²) < 4.78 is 105. The van der Waals surface area contributed by atoms with Crippen LogP contribution >= 0.6 is 0 Å². The van der Waals surface area contributed by atoms with Gasteiger partial charge in [0.15, 0.2) is 9.84 Å². The highest BCUT2D eigenvalue weighted by atomic mass is 32.2. The zero-order valence-corrected chi connectivity index (χ0v) is 19.3. The molecule has 0 N–H and O–H groups in total. The van der Waals surface area contributed by atoms with E-state index in [1.165, 1.54) is 13.0 Å². The van der Waals surface area contributed by atoms with Crippen molar-refractivity contribution in [1.82, 2.24) is 9.97 Å². The molecule has 3 aromatic rings. The molecule has 0 spiro atoms. The van der Waals surface area contributed by atoms with E-state index in [0.29, 0.717) is 6.20 Å². The molecule has 0 radical (unpaired) electrons. The van der Waals surface area contributed by atoms with Crippen molar-refractivity contribution in [2.24, 2.45) is 0 Å². The quantitative estimate of drug-likeness (QED) is 0.436. The molecule has 0 atom stereocenters. The fourth-order valence-corrected chi connectivity index (χ4v) is 4.82. The maximum atomic E-state index is 13.3. The highest BCUT2D eigenvalue weighted by molar-refractivity contribution is 7.91. The third-order valence-electron chi connectivity index (χ3n) is 5.68. The lowest BCUT2D eigenvalue weighted by Crippen LogP contribution is -2.31. The number of sulfone groups is 1. The fraction of sp³-hybridized carbons (Fsp3) is 0.261. The zero-order chi connectivity index (χ0) is 26.5. The lowest BCUT2D eigenvalue weighted by atomic mass is 10.0.